The zero-order valence-electron chi connectivity index (χ0n) is 15.2. The molecule has 0 fully saturated rings. The van der Waals surface area contributed by atoms with E-state index in [0.717, 1.165) is 43.2 Å². The second-order valence-electron chi connectivity index (χ2n) is 6.38. The monoisotopic (exact) mass is 350 g/mol. The van der Waals surface area contributed by atoms with Gasteiger partial charge < -0.3 is 0 Å². The largest absolute Gasteiger partial charge is 0.236 e. The summed E-state index contributed by atoms with van der Waals surface area (Å²) in [4.78, 5) is 17.3. The van der Waals surface area contributed by atoms with Crippen LogP contribution in [0.15, 0.2) is 43.0 Å². The highest BCUT2D eigenvalue weighted by molar-refractivity contribution is 5.63. The van der Waals surface area contributed by atoms with E-state index >= 15 is 0 Å². The summed E-state index contributed by atoms with van der Waals surface area (Å²) in [7, 11) is 0. The molecule has 1 aromatic carbocycles. The van der Waals surface area contributed by atoms with Gasteiger partial charge in [-0.1, -0.05) is 32.8 Å². The van der Waals surface area contributed by atoms with E-state index in [1.165, 1.54) is 6.07 Å². The summed E-state index contributed by atoms with van der Waals surface area (Å²) in [5, 5.41) is 0. The number of aryl methyl sites for hydroxylation is 2. The summed E-state index contributed by atoms with van der Waals surface area (Å²) < 4.78 is 14.6. The minimum Gasteiger partial charge on any atom is -0.236 e. The first-order valence-electron chi connectivity index (χ1n) is 9.13. The Kier molecular flexibility index (Phi) is 6.00. The fourth-order valence-corrected chi connectivity index (χ4v) is 2.76. The van der Waals surface area contributed by atoms with Crippen molar-refractivity contribution in [2.45, 2.75) is 46.0 Å². The minimum atomic E-state index is -0.370. The molecule has 4 nitrogen and oxygen atoms in total. The van der Waals surface area contributed by atoms with Crippen molar-refractivity contribution in [1.82, 2.24) is 19.9 Å². The molecule has 0 saturated heterocycles. The molecule has 0 amide bonds. The van der Waals surface area contributed by atoms with Crippen LogP contribution >= 0.6 is 0 Å². The van der Waals surface area contributed by atoms with Crippen molar-refractivity contribution in [2.75, 3.05) is 0 Å². The van der Waals surface area contributed by atoms with Crippen LogP contribution in [0, 0.1) is 5.82 Å². The third-order valence-corrected chi connectivity index (χ3v) is 4.24. The first-order chi connectivity index (χ1) is 12.7. The molecule has 0 bridgehead atoms. The maximum atomic E-state index is 14.6. The Morgan fingerprint density at radius 3 is 1.96 bits per heavy atom. The third-order valence-electron chi connectivity index (χ3n) is 4.24. The number of rotatable bonds is 7. The molecular weight excluding hydrogens is 327 g/mol. The van der Waals surface area contributed by atoms with Crippen molar-refractivity contribution in [3.05, 3.63) is 59.9 Å². The molecule has 0 unspecified atom stereocenters. The minimum absolute atomic E-state index is 0.370. The van der Waals surface area contributed by atoms with Gasteiger partial charge in [0.25, 0.3) is 0 Å². The van der Waals surface area contributed by atoms with Crippen LogP contribution in [0.4, 0.5) is 4.39 Å². The number of hydrogen-bond acceptors (Lipinski definition) is 4. The predicted octanol–water partition coefficient (Wildman–Crippen LogP) is 5.03. The zero-order valence-corrected chi connectivity index (χ0v) is 15.2. The lowest BCUT2D eigenvalue weighted by Gasteiger charge is -2.06. The molecule has 2 aromatic heterocycles. The van der Waals surface area contributed by atoms with E-state index in [2.05, 4.69) is 33.8 Å². The highest BCUT2D eigenvalue weighted by Gasteiger charge is 2.11. The van der Waals surface area contributed by atoms with E-state index in [-0.39, 0.29) is 5.82 Å². The van der Waals surface area contributed by atoms with Crippen LogP contribution < -0.4 is 0 Å². The van der Waals surface area contributed by atoms with Crippen LogP contribution in [0.25, 0.3) is 22.8 Å². The van der Waals surface area contributed by atoms with Gasteiger partial charge in [-0.25, -0.2) is 24.3 Å². The van der Waals surface area contributed by atoms with Crippen molar-refractivity contribution in [3.8, 4) is 22.8 Å². The van der Waals surface area contributed by atoms with Crippen molar-refractivity contribution in [3.63, 3.8) is 0 Å². The maximum Gasteiger partial charge on any atom is 0.162 e. The van der Waals surface area contributed by atoms with Crippen LogP contribution in [0.1, 0.15) is 44.2 Å². The van der Waals surface area contributed by atoms with Crippen LogP contribution in [-0.2, 0) is 12.8 Å². The van der Waals surface area contributed by atoms with Crippen LogP contribution in [0.3, 0.4) is 0 Å². The smallest absolute Gasteiger partial charge is 0.162 e. The summed E-state index contributed by atoms with van der Waals surface area (Å²) in [6, 6.07) is 4.94. The fraction of sp³-hybridized carbons (Fsp3) is 0.333. The Bertz CT molecular complexity index is 845. The molecule has 0 aliphatic heterocycles. The Morgan fingerprint density at radius 2 is 1.38 bits per heavy atom. The van der Waals surface area contributed by atoms with E-state index in [9.17, 15) is 4.39 Å². The fourth-order valence-electron chi connectivity index (χ4n) is 2.76. The summed E-state index contributed by atoms with van der Waals surface area (Å²) in [6.07, 6.45) is 12.3. The number of halogens is 1. The van der Waals surface area contributed by atoms with Gasteiger partial charge in [0.15, 0.2) is 11.6 Å². The van der Waals surface area contributed by atoms with Gasteiger partial charge in [0.05, 0.1) is 5.56 Å². The Labute approximate surface area is 153 Å². The molecular formula is C21H23FN4. The van der Waals surface area contributed by atoms with Gasteiger partial charge in [-0.2, -0.15) is 0 Å². The normalized spacial score (nSPS) is 10.9. The molecule has 0 spiro atoms. The molecule has 3 rings (SSSR count). The highest BCUT2D eigenvalue weighted by atomic mass is 19.1. The van der Waals surface area contributed by atoms with Gasteiger partial charge in [0, 0.05) is 30.4 Å². The van der Waals surface area contributed by atoms with E-state index in [1.807, 2.05) is 6.07 Å². The van der Waals surface area contributed by atoms with Gasteiger partial charge in [-0.15, -0.1) is 0 Å². The first kappa shape index (κ1) is 18.1. The van der Waals surface area contributed by atoms with Crippen molar-refractivity contribution in [1.29, 1.82) is 0 Å². The molecule has 3 aromatic rings. The van der Waals surface area contributed by atoms with Gasteiger partial charge in [0.1, 0.15) is 5.82 Å². The van der Waals surface area contributed by atoms with Gasteiger partial charge in [-0.05, 0) is 42.5 Å². The highest BCUT2D eigenvalue weighted by Crippen LogP contribution is 2.24. The summed E-state index contributed by atoms with van der Waals surface area (Å²) in [5.74, 6) is 0.546. The second kappa shape index (κ2) is 8.61. The second-order valence-corrected chi connectivity index (χ2v) is 6.38. The van der Waals surface area contributed by atoms with Crippen molar-refractivity contribution < 1.29 is 4.39 Å². The number of hydrogen-bond donors (Lipinski definition) is 0. The lowest BCUT2D eigenvalue weighted by Crippen LogP contribution is -1.96. The maximum absolute atomic E-state index is 14.6. The summed E-state index contributed by atoms with van der Waals surface area (Å²) >= 11 is 0. The standard InChI is InChI=1S/C21H23FN4/c1-3-5-7-16-13-25-21(26-14-16)18-9-8-17(10-19(18)22)20-23-11-15(6-4-2)12-24-20/h8-14H,3-7H2,1-2H3. The van der Waals surface area contributed by atoms with Crippen LogP contribution in [0.2, 0.25) is 0 Å². The molecule has 0 saturated carbocycles. The number of nitrogens with zero attached hydrogens (tertiary/aromatic N) is 4. The molecule has 5 heteroatoms. The van der Waals surface area contributed by atoms with Gasteiger partial charge in [-0.3, -0.25) is 0 Å². The SMILES string of the molecule is CCCCc1cnc(-c2ccc(-c3ncc(CCC)cn3)cc2F)nc1. The molecule has 0 radical (unpaired) electrons. The van der Waals surface area contributed by atoms with Gasteiger partial charge in [0.2, 0.25) is 0 Å². The lowest BCUT2D eigenvalue weighted by molar-refractivity contribution is 0.630. The van der Waals surface area contributed by atoms with Crippen LogP contribution in [0.5, 0.6) is 0 Å². The zero-order chi connectivity index (χ0) is 18.4. The molecule has 134 valence electrons. The molecule has 0 N–H and O–H groups in total. The number of unbranched alkanes of at least 4 members (excludes halogenated alkanes) is 1. The van der Waals surface area contributed by atoms with Crippen molar-refractivity contribution >= 4 is 0 Å². The Hall–Kier alpha value is -2.69. The summed E-state index contributed by atoms with van der Waals surface area (Å²) in [6.45, 7) is 4.26. The summed E-state index contributed by atoms with van der Waals surface area (Å²) in [5.41, 5.74) is 3.20. The molecule has 2 heterocycles. The molecule has 0 aliphatic carbocycles. The quantitative estimate of drug-likeness (QED) is 0.599. The van der Waals surface area contributed by atoms with E-state index in [4.69, 9.17) is 0 Å². The molecule has 0 aliphatic rings. The average Bonchev–Trinajstić information content (AvgIpc) is 2.68. The van der Waals surface area contributed by atoms with Gasteiger partial charge >= 0.3 is 0 Å². The predicted molar refractivity (Wildman–Crippen MR) is 101 cm³/mol. The van der Waals surface area contributed by atoms with E-state index in [1.54, 1.807) is 30.9 Å². The third kappa shape index (κ3) is 4.28. The first-order valence-corrected chi connectivity index (χ1v) is 9.13. The van der Waals surface area contributed by atoms with Crippen LogP contribution in [-0.4, -0.2) is 19.9 Å². The Balaban J connectivity index is 1.80. The van der Waals surface area contributed by atoms with Crippen molar-refractivity contribution in [2.24, 2.45) is 0 Å². The Morgan fingerprint density at radius 1 is 0.769 bits per heavy atom. The number of benzene rings is 1. The van der Waals surface area contributed by atoms with E-state index in [0.29, 0.717) is 22.8 Å². The number of aromatic nitrogens is 4. The topological polar surface area (TPSA) is 51.6 Å². The molecule has 0 atom stereocenters. The lowest BCUT2D eigenvalue weighted by atomic mass is 10.1. The molecule has 26 heavy (non-hydrogen) atoms. The average molecular weight is 350 g/mol. The van der Waals surface area contributed by atoms with E-state index < -0.39 is 0 Å².